The Kier molecular flexibility index (Phi) is 11.8. The van der Waals surface area contributed by atoms with Crippen molar-refractivity contribution >= 4 is 35.6 Å². The van der Waals surface area contributed by atoms with Crippen molar-refractivity contribution < 1.29 is 4.74 Å². The summed E-state index contributed by atoms with van der Waals surface area (Å²) in [6.45, 7) is 4.54. The Labute approximate surface area is 173 Å². The number of hydrogen-bond donors (Lipinski definition) is 1. The maximum atomic E-state index is 6.21. The van der Waals surface area contributed by atoms with Crippen molar-refractivity contribution in [1.82, 2.24) is 5.32 Å². The van der Waals surface area contributed by atoms with Crippen LogP contribution in [0.1, 0.15) is 50.2 Å². The number of unbranched alkanes of at least 4 members (excludes halogenated alkanes) is 4. The van der Waals surface area contributed by atoms with Crippen LogP contribution < -0.4 is 10.1 Å². The van der Waals surface area contributed by atoms with Gasteiger partial charge < -0.3 is 10.1 Å². The van der Waals surface area contributed by atoms with Gasteiger partial charge in [-0.15, -0.1) is 12.4 Å². The lowest BCUT2D eigenvalue weighted by atomic mass is 10.1. The molecule has 0 bridgehead atoms. The van der Waals surface area contributed by atoms with Crippen LogP contribution in [0.15, 0.2) is 42.5 Å². The summed E-state index contributed by atoms with van der Waals surface area (Å²) < 4.78 is 5.99. The third-order valence-electron chi connectivity index (χ3n) is 4.14. The van der Waals surface area contributed by atoms with Crippen molar-refractivity contribution in [3.8, 4) is 5.75 Å². The first-order valence-corrected chi connectivity index (χ1v) is 9.81. The van der Waals surface area contributed by atoms with E-state index in [0.29, 0.717) is 16.7 Å². The zero-order valence-electron chi connectivity index (χ0n) is 15.3. The molecule has 0 heterocycles. The molecule has 0 amide bonds. The highest BCUT2D eigenvalue weighted by molar-refractivity contribution is 6.35. The van der Waals surface area contributed by atoms with E-state index >= 15 is 0 Å². The maximum absolute atomic E-state index is 6.21. The third-order valence-corrected chi connectivity index (χ3v) is 4.73. The molecule has 0 aliphatic rings. The van der Waals surface area contributed by atoms with Gasteiger partial charge in [0.05, 0.1) is 0 Å². The minimum absolute atomic E-state index is 0. The predicted octanol–water partition coefficient (Wildman–Crippen LogP) is 7.05. The van der Waals surface area contributed by atoms with Gasteiger partial charge in [-0.25, -0.2) is 0 Å². The lowest BCUT2D eigenvalue weighted by molar-refractivity contribution is 0.302. The summed E-state index contributed by atoms with van der Waals surface area (Å²) in [6, 6.07) is 13.6. The van der Waals surface area contributed by atoms with Gasteiger partial charge in [0, 0.05) is 27.7 Å². The van der Waals surface area contributed by atoms with Gasteiger partial charge in [-0.05, 0) is 31.2 Å². The van der Waals surface area contributed by atoms with Crippen LogP contribution in [0.4, 0.5) is 0 Å². The molecule has 26 heavy (non-hydrogen) atoms. The molecule has 144 valence electrons. The highest BCUT2D eigenvalue weighted by Crippen LogP contribution is 2.24. The number of ether oxygens (including phenoxy) is 1. The van der Waals surface area contributed by atoms with E-state index in [0.717, 1.165) is 24.4 Å². The normalized spacial score (nSPS) is 10.4. The van der Waals surface area contributed by atoms with Gasteiger partial charge in [0.15, 0.2) is 0 Å². The number of hydrogen-bond acceptors (Lipinski definition) is 2. The lowest BCUT2D eigenvalue weighted by Crippen LogP contribution is -2.15. The lowest BCUT2D eigenvalue weighted by Gasteiger charge is -2.13. The van der Waals surface area contributed by atoms with Crippen LogP contribution in [0, 0.1) is 0 Å². The van der Waals surface area contributed by atoms with Crippen LogP contribution in [0.3, 0.4) is 0 Å². The van der Waals surface area contributed by atoms with Crippen molar-refractivity contribution in [2.45, 2.75) is 52.2 Å². The van der Waals surface area contributed by atoms with Gasteiger partial charge in [-0.2, -0.15) is 0 Å². The van der Waals surface area contributed by atoms with Crippen LogP contribution in [0.2, 0.25) is 10.0 Å². The highest BCUT2D eigenvalue weighted by Gasteiger charge is 2.06. The van der Waals surface area contributed by atoms with E-state index in [4.69, 9.17) is 27.9 Å². The molecular weight excluding hydrogens is 389 g/mol. The molecule has 0 aromatic heterocycles. The standard InChI is InChI=1S/C21H27Cl2NO.ClH/c1-2-3-4-5-8-13-24-15-17-9-6-7-10-21(17)25-16-18-11-12-19(22)14-20(18)23;/h6-7,9-12,14,24H,2-5,8,13,15-16H2,1H3;1H. The Morgan fingerprint density at radius 1 is 0.923 bits per heavy atom. The third kappa shape index (κ3) is 8.18. The zero-order chi connectivity index (χ0) is 17.9. The monoisotopic (exact) mass is 415 g/mol. The average Bonchev–Trinajstić information content (AvgIpc) is 2.61. The molecule has 1 N–H and O–H groups in total. The molecule has 2 nitrogen and oxygen atoms in total. The average molecular weight is 417 g/mol. The summed E-state index contributed by atoms with van der Waals surface area (Å²) in [4.78, 5) is 0. The van der Waals surface area contributed by atoms with Gasteiger partial charge in [-0.1, -0.05) is 80.1 Å². The minimum atomic E-state index is 0. The van der Waals surface area contributed by atoms with E-state index in [1.54, 1.807) is 6.07 Å². The smallest absolute Gasteiger partial charge is 0.124 e. The predicted molar refractivity (Wildman–Crippen MR) is 115 cm³/mol. The molecule has 0 spiro atoms. The molecule has 5 heteroatoms. The number of para-hydroxylation sites is 1. The topological polar surface area (TPSA) is 21.3 Å². The Morgan fingerprint density at radius 3 is 2.46 bits per heavy atom. The van der Waals surface area contributed by atoms with Gasteiger partial charge in [0.25, 0.3) is 0 Å². The van der Waals surface area contributed by atoms with E-state index in [2.05, 4.69) is 18.3 Å². The first kappa shape index (κ1) is 23.1. The second-order valence-electron chi connectivity index (χ2n) is 6.22. The quantitative estimate of drug-likeness (QED) is 0.396. The summed E-state index contributed by atoms with van der Waals surface area (Å²) in [5, 5.41) is 4.78. The van der Waals surface area contributed by atoms with Gasteiger partial charge in [-0.3, -0.25) is 0 Å². The minimum Gasteiger partial charge on any atom is -0.489 e. The number of nitrogens with one attached hydrogen (secondary N) is 1. The molecule has 0 fully saturated rings. The molecular formula is C21H28Cl3NO. The largest absolute Gasteiger partial charge is 0.489 e. The van der Waals surface area contributed by atoms with Crippen LogP contribution in [-0.4, -0.2) is 6.54 Å². The van der Waals surface area contributed by atoms with Crippen LogP contribution in [-0.2, 0) is 13.2 Å². The van der Waals surface area contributed by atoms with Gasteiger partial charge in [0.2, 0.25) is 0 Å². The van der Waals surface area contributed by atoms with Crippen LogP contribution in [0.25, 0.3) is 0 Å². The first-order valence-electron chi connectivity index (χ1n) is 9.06. The summed E-state index contributed by atoms with van der Waals surface area (Å²) in [6.07, 6.45) is 6.48. The molecule has 0 saturated carbocycles. The fourth-order valence-electron chi connectivity index (χ4n) is 2.66. The van der Waals surface area contributed by atoms with Crippen molar-refractivity contribution in [1.29, 1.82) is 0 Å². The molecule has 2 aromatic carbocycles. The van der Waals surface area contributed by atoms with E-state index in [1.165, 1.54) is 37.7 Å². The number of rotatable bonds is 11. The van der Waals surface area contributed by atoms with E-state index in [9.17, 15) is 0 Å². The van der Waals surface area contributed by atoms with E-state index < -0.39 is 0 Å². The molecule has 0 unspecified atom stereocenters. The SMILES string of the molecule is CCCCCCCNCc1ccccc1OCc1ccc(Cl)cc1Cl.Cl. The van der Waals surface area contributed by atoms with Crippen molar-refractivity contribution in [2.24, 2.45) is 0 Å². The second-order valence-corrected chi connectivity index (χ2v) is 7.07. The molecule has 2 rings (SSSR count). The van der Waals surface area contributed by atoms with Crippen LogP contribution in [0.5, 0.6) is 5.75 Å². The molecule has 0 radical (unpaired) electrons. The molecule has 0 aliphatic carbocycles. The van der Waals surface area contributed by atoms with Crippen molar-refractivity contribution in [3.05, 3.63) is 63.6 Å². The Bertz CT molecular complexity index is 649. The Morgan fingerprint density at radius 2 is 1.69 bits per heavy atom. The summed E-state index contributed by atoms with van der Waals surface area (Å²) >= 11 is 12.1. The highest BCUT2D eigenvalue weighted by atomic mass is 35.5. The number of halogens is 3. The maximum Gasteiger partial charge on any atom is 0.124 e. The van der Waals surface area contributed by atoms with Crippen molar-refractivity contribution in [2.75, 3.05) is 6.54 Å². The molecule has 2 aromatic rings. The fourth-order valence-corrected chi connectivity index (χ4v) is 3.12. The number of benzene rings is 2. The Balaban J connectivity index is 0.00000338. The molecule has 0 aliphatic heterocycles. The summed E-state index contributed by atoms with van der Waals surface area (Å²) in [7, 11) is 0. The first-order chi connectivity index (χ1) is 12.2. The van der Waals surface area contributed by atoms with Crippen molar-refractivity contribution in [3.63, 3.8) is 0 Å². The van der Waals surface area contributed by atoms with E-state index in [1.807, 2.05) is 30.3 Å². The van der Waals surface area contributed by atoms with Gasteiger partial charge in [0.1, 0.15) is 12.4 Å². The van der Waals surface area contributed by atoms with Crippen LogP contribution >= 0.6 is 35.6 Å². The van der Waals surface area contributed by atoms with Gasteiger partial charge >= 0.3 is 0 Å². The zero-order valence-corrected chi connectivity index (χ0v) is 17.6. The Hall–Kier alpha value is -0.930. The second kappa shape index (κ2) is 13.3. The molecule has 0 atom stereocenters. The molecule has 0 saturated heterocycles. The summed E-state index contributed by atoms with van der Waals surface area (Å²) in [5.74, 6) is 0.895. The van der Waals surface area contributed by atoms with E-state index in [-0.39, 0.29) is 12.4 Å². The fraction of sp³-hybridized carbons (Fsp3) is 0.429. The summed E-state index contributed by atoms with van der Waals surface area (Å²) in [5.41, 5.74) is 2.10.